The molecule has 0 atom stereocenters. The first-order valence-corrected chi connectivity index (χ1v) is 9.74. The smallest absolute Gasteiger partial charge is 0.266 e. The molecule has 4 heteroatoms. The fraction of sp³-hybridized carbons (Fsp3) is 0.391. The number of nitriles is 1. The third-order valence-corrected chi connectivity index (χ3v) is 5.50. The lowest BCUT2D eigenvalue weighted by Gasteiger charge is -2.17. The van der Waals surface area contributed by atoms with Gasteiger partial charge in [-0.15, -0.1) is 0 Å². The number of amides is 1. The average molecular weight is 361 g/mol. The highest BCUT2D eigenvalue weighted by Crippen LogP contribution is 2.33. The summed E-state index contributed by atoms with van der Waals surface area (Å²) in [5.74, 6) is -0.368. The third-order valence-electron chi connectivity index (χ3n) is 5.50. The summed E-state index contributed by atoms with van der Waals surface area (Å²) in [7, 11) is 0. The van der Waals surface area contributed by atoms with Crippen LogP contribution in [0.4, 0.5) is 5.69 Å². The fourth-order valence-corrected chi connectivity index (χ4v) is 4.00. The Balaban J connectivity index is 1.82. The van der Waals surface area contributed by atoms with Crippen molar-refractivity contribution in [2.75, 3.05) is 5.32 Å². The van der Waals surface area contributed by atoms with Gasteiger partial charge in [0, 0.05) is 23.1 Å². The second-order valence-corrected chi connectivity index (χ2v) is 7.31. The van der Waals surface area contributed by atoms with Crippen LogP contribution >= 0.6 is 0 Å². The first-order valence-electron chi connectivity index (χ1n) is 9.74. The van der Waals surface area contributed by atoms with Crippen LogP contribution in [-0.2, 0) is 11.2 Å². The lowest BCUT2D eigenvalue weighted by molar-refractivity contribution is -0.112. The van der Waals surface area contributed by atoms with Crippen LogP contribution in [0.1, 0.15) is 61.2 Å². The molecule has 1 saturated carbocycles. The van der Waals surface area contributed by atoms with E-state index in [4.69, 9.17) is 0 Å². The SMILES string of the molecule is CCc1ccc(NC(=O)/C(C#N)=C\c2cc(C)n(C3CCCC3)c2C)cc1. The van der Waals surface area contributed by atoms with Crippen LogP contribution in [0.25, 0.3) is 6.08 Å². The van der Waals surface area contributed by atoms with E-state index >= 15 is 0 Å². The van der Waals surface area contributed by atoms with Gasteiger partial charge in [0.1, 0.15) is 11.6 Å². The van der Waals surface area contributed by atoms with Gasteiger partial charge in [-0.25, -0.2) is 0 Å². The highest BCUT2D eigenvalue weighted by atomic mass is 16.1. The summed E-state index contributed by atoms with van der Waals surface area (Å²) in [4.78, 5) is 12.6. The molecule has 3 rings (SSSR count). The maximum absolute atomic E-state index is 12.6. The van der Waals surface area contributed by atoms with Crippen molar-refractivity contribution in [3.8, 4) is 6.07 Å². The van der Waals surface area contributed by atoms with Gasteiger partial charge in [0.15, 0.2) is 0 Å². The van der Waals surface area contributed by atoms with Gasteiger partial charge in [-0.3, -0.25) is 4.79 Å². The van der Waals surface area contributed by atoms with Crippen LogP contribution in [0, 0.1) is 25.2 Å². The Hall–Kier alpha value is -2.80. The summed E-state index contributed by atoms with van der Waals surface area (Å²) in [6, 6.07) is 12.4. The Labute approximate surface area is 161 Å². The molecule has 27 heavy (non-hydrogen) atoms. The van der Waals surface area contributed by atoms with Gasteiger partial charge in [-0.1, -0.05) is 31.9 Å². The van der Waals surface area contributed by atoms with Gasteiger partial charge in [-0.05, 0) is 68.5 Å². The Morgan fingerprint density at radius 2 is 1.93 bits per heavy atom. The zero-order valence-corrected chi connectivity index (χ0v) is 16.4. The standard InChI is InChI=1S/C23H27N3O/c1-4-18-9-11-21(12-10-18)25-23(27)20(15-24)14-19-13-16(2)26(17(19)3)22-7-5-6-8-22/h9-14,22H,4-8H2,1-3H3,(H,25,27)/b20-14-. The number of aryl methyl sites for hydroxylation is 2. The number of hydrogen-bond acceptors (Lipinski definition) is 2. The molecule has 0 bridgehead atoms. The molecule has 0 radical (unpaired) electrons. The molecular weight excluding hydrogens is 334 g/mol. The molecule has 0 saturated heterocycles. The predicted octanol–water partition coefficient (Wildman–Crippen LogP) is 5.33. The lowest BCUT2D eigenvalue weighted by atomic mass is 10.1. The van der Waals surface area contributed by atoms with Gasteiger partial charge < -0.3 is 9.88 Å². The quantitative estimate of drug-likeness (QED) is 0.578. The van der Waals surface area contributed by atoms with Crippen LogP contribution < -0.4 is 5.32 Å². The molecule has 140 valence electrons. The van der Waals surface area contributed by atoms with Crippen LogP contribution in [-0.4, -0.2) is 10.5 Å². The molecule has 0 spiro atoms. The molecule has 2 aromatic rings. The molecule has 1 amide bonds. The number of nitrogens with one attached hydrogen (secondary N) is 1. The Bertz CT molecular complexity index is 891. The molecule has 1 aliphatic carbocycles. The van der Waals surface area contributed by atoms with Gasteiger partial charge in [-0.2, -0.15) is 5.26 Å². The molecule has 0 aliphatic heterocycles. The van der Waals surface area contributed by atoms with Gasteiger partial charge in [0.2, 0.25) is 0 Å². The monoisotopic (exact) mass is 361 g/mol. The zero-order chi connectivity index (χ0) is 19.4. The minimum absolute atomic E-state index is 0.126. The molecular formula is C23H27N3O. The lowest BCUT2D eigenvalue weighted by Crippen LogP contribution is -2.13. The van der Waals surface area contributed by atoms with E-state index in [0.29, 0.717) is 11.7 Å². The normalized spacial score (nSPS) is 15.0. The molecule has 0 unspecified atom stereocenters. The number of carbonyl (C=O) groups excluding carboxylic acids is 1. The number of carbonyl (C=O) groups is 1. The van der Waals surface area contributed by atoms with Crippen molar-refractivity contribution in [1.82, 2.24) is 4.57 Å². The first-order chi connectivity index (χ1) is 13.0. The molecule has 1 fully saturated rings. The predicted molar refractivity (Wildman–Crippen MR) is 109 cm³/mol. The highest BCUT2D eigenvalue weighted by molar-refractivity contribution is 6.09. The summed E-state index contributed by atoms with van der Waals surface area (Å²) in [5.41, 5.74) is 5.32. The minimum Gasteiger partial charge on any atom is -0.346 e. The summed E-state index contributed by atoms with van der Waals surface area (Å²) in [6.07, 6.45) is 7.63. The summed E-state index contributed by atoms with van der Waals surface area (Å²) in [5, 5.41) is 12.3. The van der Waals surface area contributed by atoms with Crippen molar-refractivity contribution in [3.63, 3.8) is 0 Å². The summed E-state index contributed by atoms with van der Waals surface area (Å²) in [6.45, 7) is 6.27. The van der Waals surface area contributed by atoms with Crippen LogP contribution in [0.2, 0.25) is 0 Å². The fourth-order valence-electron chi connectivity index (χ4n) is 4.00. The molecule has 4 nitrogen and oxygen atoms in total. The van der Waals surface area contributed by atoms with Crippen molar-refractivity contribution in [2.24, 2.45) is 0 Å². The average Bonchev–Trinajstić information content (AvgIpc) is 3.28. The van der Waals surface area contributed by atoms with Crippen molar-refractivity contribution < 1.29 is 4.79 Å². The summed E-state index contributed by atoms with van der Waals surface area (Å²) < 4.78 is 2.37. The Kier molecular flexibility index (Phi) is 5.81. The van der Waals surface area contributed by atoms with Crippen LogP contribution in [0.15, 0.2) is 35.9 Å². The number of anilines is 1. The number of rotatable bonds is 5. The van der Waals surface area contributed by atoms with Crippen LogP contribution in [0.3, 0.4) is 0 Å². The maximum Gasteiger partial charge on any atom is 0.266 e. The second kappa shape index (κ2) is 8.26. The van der Waals surface area contributed by atoms with E-state index in [2.05, 4.69) is 42.8 Å². The zero-order valence-electron chi connectivity index (χ0n) is 16.4. The Morgan fingerprint density at radius 3 is 2.52 bits per heavy atom. The van der Waals surface area contributed by atoms with E-state index in [1.807, 2.05) is 24.3 Å². The third kappa shape index (κ3) is 4.14. The molecule has 1 heterocycles. The first kappa shape index (κ1) is 19.0. The van der Waals surface area contributed by atoms with Gasteiger partial charge in [0.05, 0.1) is 0 Å². The van der Waals surface area contributed by atoms with E-state index in [0.717, 1.165) is 17.7 Å². The van der Waals surface area contributed by atoms with E-state index < -0.39 is 0 Å². The Morgan fingerprint density at radius 1 is 1.26 bits per heavy atom. The maximum atomic E-state index is 12.6. The largest absolute Gasteiger partial charge is 0.346 e. The highest BCUT2D eigenvalue weighted by Gasteiger charge is 2.21. The van der Waals surface area contributed by atoms with Crippen molar-refractivity contribution >= 4 is 17.7 Å². The second-order valence-electron chi connectivity index (χ2n) is 7.31. The molecule has 1 N–H and O–H groups in total. The van der Waals surface area contributed by atoms with Crippen molar-refractivity contribution in [1.29, 1.82) is 5.26 Å². The van der Waals surface area contributed by atoms with Gasteiger partial charge in [0.25, 0.3) is 5.91 Å². The number of aromatic nitrogens is 1. The van der Waals surface area contributed by atoms with E-state index in [1.165, 1.54) is 36.9 Å². The van der Waals surface area contributed by atoms with Gasteiger partial charge >= 0.3 is 0 Å². The number of hydrogen-bond donors (Lipinski definition) is 1. The molecule has 1 aromatic carbocycles. The summed E-state index contributed by atoms with van der Waals surface area (Å²) >= 11 is 0. The number of nitrogens with zero attached hydrogens (tertiary/aromatic N) is 2. The van der Waals surface area contributed by atoms with Crippen molar-refractivity contribution in [2.45, 2.75) is 58.9 Å². The molecule has 1 aliphatic rings. The van der Waals surface area contributed by atoms with Crippen LogP contribution in [0.5, 0.6) is 0 Å². The van der Waals surface area contributed by atoms with E-state index in [1.54, 1.807) is 6.08 Å². The van der Waals surface area contributed by atoms with E-state index in [9.17, 15) is 10.1 Å². The topological polar surface area (TPSA) is 57.8 Å². The molecule has 1 aromatic heterocycles. The minimum atomic E-state index is -0.368. The number of benzene rings is 1. The van der Waals surface area contributed by atoms with E-state index in [-0.39, 0.29) is 11.5 Å². The van der Waals surface area contributed by atoms with Crippen molar-refractivity contribution in [3.05, 3.63) is 58.4 Å².